The Hall–Kier alpha value is -1.51. The van der Waals surface area contributed by atoms with Gasteiger partial charge in [-0.1, -0.05) is 6.42 Å². The van der Waals surface area contributed by atoms with Crippen LogP contribution in [0.5, 0.6) is 5.75 Å². The van der Waals surface area contributed by atoms with Crippen LogP contribution in [0.1, 0.15) is 48.8 Å². The molecule has 3 heteroatoms. The van der Waals surface area contributed by atoms with E-state index in [9.17, 15) is 10.3 Å². The van der Waals surface area contributed by atoms with Crippen molar-refractivity contribution in [1.29, 1.82) is 0 Å². The highest BCUT2D eigenvalue weighted by Gasteiger charge is 2.19. The van der Waals surface area contributed by atoms with Gasteiger partial charge in [-0.05, 0) is 49.9 Å². The lowest BCUT2D eigenvalue weighted by atomic mass is 9.96. The number of benzene rings is 1. The molecule has 1 aliphatic rings. The van der Waals surface area contributed by atoms with Gasteiger partial charge in [-0.3, -0.25) is 0 Å². The Bertz CT molecular complexity index is 437. The number of nitrogens with zero attached hydrogens (tertiary/aromatic N) is 1. The summed E-state index contributed by atoms with van der Waals surface area (Å²) in [5.74, 6) is 0.322. The van der Waals surface area contributed by atoms with Crippen molar-refractivity contribution < 1.29 is 9.85 Å². The number of hydrogen-bond acceptors (Lipinski definition) is 2. The van der Waals surface area contributed by atoms with Crippen LogP contribution in [0.4, 0.5) is 0 Å². The third-order valence-electron chi connectivity index (χ3n) is 3.72. The second kappa shape index (κ2) is 5.42. The van der Waals surface area contributed by atoms with Crippen molar-refractivity contribution in [2.45, 2.75) is 52.0 Å². The van der Waals surface area contributed by atoms with Crippen molar-refractivity contribution in [2.75, 3.05) is 0 Å². The molecular formula is C15H21NO2. The average Bonchev–Trinajstić information content (AvgIpc) is 2.37. The SMILES string of the molecule is Cc1cc(/C=[N+](/[O-])C2CCCCC2)cc(C)c1O. The van der Waals surface area contributed by atoms with E-state index in [0.717, 1.165) is 47.1 Å². The second-order valence-electron chi connectivity index (χ2n) is 5.28. The van der Waals surface area contributed by atoms with Crippen molar-refractivity contribution in [3.63, 3.8) is 0 Å². The van der Waals surface area contributed by atoms with Crippen molar-refractivity contribution >= 4 is 6.21 Å². The molecule has 1 fully saturated rings. The third kappa shape index (κ3) is 2.84. The minimum absolute atomic E-state index is 0.133. The van der Waals surface area contributed by atoms with Gasteiger partial charge in [0.15, 0.2) is 12.3 Å². The van der Waals surface area contributed by atoms with E-state index in [1.807, 2.05) is 26.0 Å². The summed E-state index contributed by atoms with van der Waals surface area (Å²) in [4.78, 5) is 0. The molecule has 1 aromatic rings. The number of hydrogen-bond donors (Lipinski definition) is 1. The molecule has 98 valence electrons. The number of rotatable bonds is 2. The molecule has 0 atom stereocenters. The Labute approximate surface area is 108 Å². The van der Waals surface area contributed by atoms with Crippen LogP contribution in [0, 0.1) is 19.1 Å². The molecule has 0 radical (unpaired) electrons. The van der Waals surface area contributed by atoms with Gasteiger partial charge < -0.3 is 10.3 Å². The first-order valence-corrected chi connectivity index (χ1v) is 6.68. The van der Waals surface area contributed by atoms with E-state index in [-0.39, 0.29) is 6.04 Å². The van der Waals surface area contributed by atoms with Crippen LogP contribution in [-0.4, -0.2) is 22.1 Å². The normalized spacial score (nSPS) is 18.0. The number of phenolic OH excluding ortho intramolecular Hbond substituents is 1. The molecule has 3 nitrogen and oxygen atoms in total. The number of phenols is 1. The Morgan fingerprint density at radius 2 is 1.72 bits per heavy atom. The molecule has 0 aromatic heterocycles. The predicted molar refractivity (Wildman–Crippen MR) is 73.2 cm³/mol. The molecule has 0 saturated heterocycles. The smallest absolute Gasteiger partial charge is 0.182 e. The van der Waals surface area contributed by atoms with Crippen LogP contribution < -0.4 is 0 Å². The first kappa shape index (κ1) is 12.9. The molecule has 0 spiro atoms. The number of aromatic hydroxyl groups is 1. The molecular weight excluding hydrogens is 226 g/mol. The summed E-state index contributed by atoms with van der Waals surface area (Å²) in [5.41, 5.74) is 2.51. The Morgan fingerprint density at radius 1 is 1.17 bits per heavy atom. The van der Waals surface area contributed by atoms with Gasteiger partial charge >= 0.3 is 0 Å². The van der Waals surface area contributed by atoms with Crippen LogP contribution >= 0.6 is 0 Å². The molecule has 0 unspecified atom stereocenters. The van der Waals surface area contributed by atoms with E-state index in [2.05, 4.69) is 0 Å². The van der Waals surface area contributed by atoms with Crippen LogP contribution in [0.2, 0.25) is 0 Å². The third-order valence-corrected chi connectivity index (χ3v) is 3.72. The summed E-state index contributed by atoms with van der Waals surface area (Å²) in [7, 11) is 0. The van der Waals surface area contributed by atoms with E-state index >= 15 is 0 Å². The van der Waals surface area contributed by atoms with Gasteiger partial charge in [0.05, 0.1) is 0 Å². The zero-order chi connectivity index (χ0) is 13.1. The molecule has 0 bridgehead atoms. The van der Waals surface area contributed by atoms with Gasteiger partial charge in [-0.25, -0.2) is 4.74 Å². The molecule has 1 N–H and O–H groups in total. The summed E-state index contributed by atoms with van der Waals surface area (Å²) in [6.45, 7) is 3.71. The lowest BCUT2D eigenvalue weighted by molar-refractivity contribution is -0.500. The largest absolute Gasteiger partial charge is 0.624 e. The van der Waals surface area contributed by atoms with Crippen molar-refractivity contribution in [3.8, 4) is 5.75 Å². The minimum atomic E-state index is 0.133. The molecule has 1 saturated carbocycles. The highest BCUT2D eigenvalue weighted by atomic mass is 16.5. The lowest BCUT2D eigenvalue weighted by Gasteiger charge is -2.20. The Kier molecular flexibility index (Phi) is 3.90. The van der Waals surface area contributed by atoms with Crippen molar-refractivity contribution in [2.24, 2.45) is 0 Å². The number of aryl methyl sites for hydroxylation is 2. The topological polar surface area (TPSA) is 46.3 Å². The fraction of sp³-hybridized carbons (Fsp3) is 0.533. The van der Waals surface area contributed by atoms with E-state index in [1.54, 1.807) is 6.21 Å². The quantitative estimate of drug-likeness (QED) is 0.377. The summed E-state index contributed by atoms with van der Waals surface area (Å²) in [6.07, 6.45) is 7.22. The van der Waals surface area contributed by atoms with Gasteiger partial charge in [0.1, 0.15) is 5.75 Å². The van der Waals surface area contributed by atoms with E-state index in [1.165, 1.54) is 6.42 Å². The standard InChI is InChI=1S/C15H21NO2/c1-11-8-13(9-12(2)15(11)17)10-16(18)14-6-4-3-5-7-14/h8-10,14,17H,3-7H2,1-2H3/b16-10+. The van der Waals surface area contributed by atoms with Gasteiger partial charge in [0.25, 0.3) is 0 Å². The van der Waals surface area contributed by atoms with Crippen LogP contribution in [0.25, 0.3) is 0 Å². The summed E-state index contributed by atoms with van der Waals surface area (Å²) in [5, 5.41) is 21.8. The average molecular weight is 247 g/mol. The molecule has 1 aromatic carbocycles. The van der Waals surface area contributed by atoms with Crippen LogP contribution in [-0.2, 0) is 0 Å². The maximum absolute atomic E-state index is 12.1. The fourth-order valence-electron chi connectivity index (χ4n) is 2.65. The second-order valence-corrected chi connectivity index (χ2v) is 5.28. The summed E-state index contributed by atoms with van der Waals surface area (Å²) >= 11 is 0. The molecule has 0 amide bonds. The summed E-state index contributed by atoms with van der Waals surface area (Å²) in [6, 6.07) is 3.85. The maximum Gasteiger partial charge on any atom is 0.182 e. The van der Waals surface area contributed by atoms with Crippen LogP contribution in [0.3, 0.4) is 0 Å². The van der Waals surface area contributed by atoms with Gasteiger partial charge in [-0.2, -0.15) is 0 Å². The lowest BCUT2D eigenvalue weighted by Crippen LogP contribution is -2.25. The predicted octanol–water partition coefficient (Wildman–Crippen LogP) is 3.27. The van der Waals surface area contributed by atoms with E-state index in [4.69, 9.17) is 0 Å². The van der Waals surface area contributed by atoms with Crippen molar-refractivity contribution in [1.82, 2.24) is 0 Å². The highest BCUT2D eigenvalue weighted by molar-refractivity contribution is 5.77. The van der Waals surface area contributed by atoms with Gasteiger partial charge in [0.2, 0.25) is 0 Å². The van der Waals surface area contributed by atoms with Crippen molar-refractivity contribution in [3.05, 3.63) is 34.0 Å². The van der Waals surface area contributed by atoms with E-state index in [0.29, 0.717) is 5.75 Å². The fourth-order valence-corrected chi connectivity index (χ4v) is 2.65. The van der Waals surface area contributed by atoms with E-state index < -0.39 is 0 Å². The minimum Gasteiger partial charge on any atom is -0.624 e. The highest BCUT2D eigenvalue weighted by Crippen LogP contribution is 2.23. The zero-order valence-electron chi connectivity index (χ0n) is 11.1. The molecule has 18 heavy (non-hydrogen) atoms. The monoisotopic (exact) mass is 247 g/mol. The first-order valence-electron chi connectivity index (χ1n) is 6.68. The summed E-state index contributed by atoms with van der Waals surface area (Å²) < 4.78 is 1.10. The molecule has 1 aliphatic carbocycles. The Balaban J connectivity index is 2.21. The Morgan fingerprint density at radius 3 is 2.28 bits per heavy atom. The molecule has 0 aliphatic heterocycles. The maximum atomic E-state index is 12.1. The van der Waals surface area contributed by atoms with Gasteiger partial charge in [-0.15, -0.1) is 0 Å². The van der Waals surface area contributed by atoms with Crippen LogP contribution in [0.15, 0.2) is 12.1 Å². The first-order chi connectivity index (χ1) is 8.58. The number of hydroxylamine groups is 1. The molecule has 0 heterocycles. The van der Waals surface area contributed by atoms with Gasteiger partial charge in [0, 0.05) is 18.4 Å². The molecule has 2 rings (SSSR count). The zero-order valence-corrected chi connectivity index (χ0v) is 11.1.